The Labute approximate surface area is 114 Å². The minimum atomic E-state index is 0.208. The van der Waals surface area contributed by atoms with Crippen molar-refractivity contribution in [2.75, 3.05) is 13.9 Å². The summed E-state index contributed by atoms with van der Waals surface area (Å²) in [5, 5.41) is 0. The summed E-state index contributed by atoms with van der Waals surface area (Å²) in [5.74, 6) is 2.67. The molecule has 6 nitrogen and oxygen atoms in total. The van der Waals surface area contributed by atoms with Crippen LogP contribution in [0.5, 0.6) is 17.2 Å². The average molecular weight is 269 g/mol. The van der Waals surface area contributed by atoms with Gasteiger partial charge in [-0.1, -0.05) is 0 Å². The van der Waals surface area contributed by atoms with Crippen molar-refractivity contribution in [3.05, 3.63) is 30.6 Å². The molecule has 0 saturated heterocycles. The fraction of sp³-hybridized carbons (Fsp3) is 0.143. The summed E-state index contributed by atoms with van der Waals surface area (Å²) in [6, 6.07) is 5.62. The van der Waals surface area contributed by atoms with E-state index in [2.05, 4.69) is 15.0 Å². The number of hydrogen-bond acceptors (Lipinski definition) is 5. The van der Waals surface area contributed by atoms with E-state index in [0.717, 1.165) is 22.4 Å². The van der Waals surface area contributed by atoms with Crippen molar-refractivity contribution in [2.24, 2.45) is 0 Å². The summed E-state index contributed by atoms with van der Waals surface area (Å²) in [6.45, 7) is 0.208. The number of benzene rings is 1. The molecular formula is C14H11N3O3. The van der Waals surface area contributed by atoms with Crippen LogP contribution in [0, 0.1) is 0 Å². The number of H-pyrrole nitrogens is 1. The third-order valence-corrected chi connectivity index (χ3v) is 3.22. The minimum absolute atomic E-state index is 0.208. The average Bonchev–Trinajstić information content (AvgIpc) is 3.12. The maximum atomic E-state index is 5.42. The molecule has 1 aromatic carbocycles. The molecule has 0 bridgehead atoms. The molecule has 20 heavy (non-hydrogen) atoms. The van der Waals surface area contributed by atoms with Crippen molar-refractivity contribution in [3.63, 3.8) is 0 Å². The Morgan fingerprint density at radius 1 is 1.30 bits per heavy atom. The van der Waals surface area contributed by atoms with Crippen LogP contribution in [0.2, 0.25) is 0 Å². The zero-order chi connectivity index (χ0) is 13.5. The Bertz CT molecular complexity index is 764. The van der Waals surface area contributed by atoms with Gasteiger partial charge in [0.2, 0.25) is 12.5 Å². The van der Waals surface area contributed by atoms with Gasteiger partial charge in [0.15, 0.2) is 11.5 Å². The van der Waals surface area contributed by atoms with E-state index in [0.29, 0.717) is 17.2 Å². The molecule has 0 atom stereocenters. The molecule has 3 heterocycles. The van der Waals surface area contributed by atoms with E-state index in [1.54, 1.807) is 19.5 Å². The Morgan fingerprint density at radius 3 is 3.10 bits per heavy atom. The van der Waals surface area contributed by atoms with Crippen LogP contribution in [0.25, 0.3) is 22.4 Å². The highest BCUT2D eigenvalue weighted by Crippen LogP contribution is 2.43. The van der Waals surface area contributed by atoms with Crippen molar-refractivity contribution in [2.45, 2.75) is 0 Å². The number of imidazole rings is 1. The van der Waals surface area contributed by atoms with Gasteiger partial charge in [-0.05, 0) is 18.2 Å². The smallest absolute Gasteiger partial charge is 0.231 e. The van der Waals surface area contributed by atoms with Gasteiger partial charge in [0.05, 0.1) is 24.3 Å². The molecule has 0 fully saturated rings. The van der Waals surface area contributed by atoms with Crippen LogP contribution in [-0.2, 0) is 0 Å². The van der Waals surface area contributed by atoms with Crippen LogP contribution < -0.4 is 14.2 Å². The lowest BCUT2D eigenvalue weighted by molar-refractivity contribution is 0.171. The van der Waals surface area contributed by atoms with E-state index in [4.69, 9.17) is 14.2 Å². The van der Waals surface area contributed by atoms with E-state index in [1.807, 2.05) is 18.2 Å². The highest BCUT2D eigenvalue weighted by Gasteiger charge is 2.21. The third-order valence-electron chi connectivity index (χ3n) is 3.22. The summed E-state index contributed by atoms with van der Waals surface area (Å²) >= 11 is 0. The van der Waals surface area contributed by atoms with Crippen LogP contribution in [0.1, 0.15) is 0 Å². The lowest BCUT2D eigenvalue weighted by Crippen LogP contribution is -1.93. The van der Waals surface area contributed by atoms with Crippen LogP contribution in [0.15, 0.2) is 30.6 Å². The van der Waals surface area contributed by atoms with Gasteiger partial charge in [0.1, 0.15) is 5.82 Å². The summed E-state index contributed by atoms with van der Waals surface area (Å²) in [4.78, 5) is 11.8. The van der Waals surface area contributed by atoms with Gasteiger partial charge in [-0.3, -0.25) is 4.98 Å². The number of rotatable bonds is 2. The van der Waals surface area contributed by atoms with Gasteiger partial charge < -0.3 is 19.2 Å². The molecule has 0 radical (unpaired) electrons. The first-order valence-corrected chi connectivity index (χ1v) is 6.13. The number of methoxy groups -OCH3 is 1. The lowest BCUT2D eigenvalue weighted by Gasteiger charge is -2.06. The summed E-state index contributed by atoms with van der Waals surface area (Å²) in [7, 11) is 1.60. The molecule has 1 aliphatic rings. The molecule has 2 aromatic heterocycles. The standard InChI is InChI=1S/C14H11N3O3/c1-18-11-4-8(5-12-13(11)20-7-19-12)14-16-9-2-3-15-6-10(9)17-14/h2-6H,7H2,1H3,(H,16,17). The first-order chi connectivity index (χ1) is 9.85. The summed E-state index contributed by atoms with van der Waals surface area (Å²) in [6.07, 6.45) is 3.46. The van der Waals surface area contributed by atoms with E-state index < -0.39 is 0 Å². The molecule has 0 saturated carbocycles. The molecule has 1 N–H and O–H groups in total. The largest absolute Gasteiger partial charge is 0.493 e. The van der Waals surface area contributed by atoms with Crippen molar-refractivity contribution in [1.82, 2.24) is 15.0 Å². The second kappa shape index (κ2) is 4.12. The van der Waals surface area contributed by atoms with Crippen LogP contribution in [0.3, 0.4) is 0 Å². The highest BCUT2D eigenvalue weighted by molar-refractivity contribution is 5.79. The molecule has 0 aliphatic carbocycles. The molecule has 6 heteroatoms. The monoisotopic (exact) mass is 269 g/mol. The number of pyridine rings is 1. The maximum Gasteiger partial charge on any atom is 0.231 e. The second-order valence-electron chi connectivity index (χ2n) is 4.39. The predicted octanol–water partition coefficient (Wildman–Crippen LogP) is 2.36. The molecule has 0 spiro atoms. The molecular weight excluding hydrogens is 258 g/mol. The van der Waals surface area contributed by atoms with Crippen molar-refractivity contribution >= 4 is 11.0 Å². The molecule has 100 valence electrons. The number of ether oxygens (including phenoxy) is 3. The van der Waals surface area contributed by atoms with Gasteiger partial charge in [0, 0.05) is 11.8 Å². The van der Waals surface area contributed by atoms with Gasteiger partial charge in [0.25, 0.3) is 0 Å². The lowest BCUT2D eigenvalue weighted by atomic mass is 10.1. The van der Waals surface area contributed by atoms with E-state index in [9.17, 15) is 0 Å². The Morgan fingerprint density at radius 2 is 2.25 bits per heavy atom. The van der Waals surface area contributed by atoms with E-state index in [-0.39, 0.29) is 6.79 Å². The normalized spacial score (nSPS) is 12.8. The molecule has 1 aliphatic heterocycles. The first kappa shape index (κ1) is 11.1. The summed E-state index contributed by atoms with van der Waals surface area (Å²) in [5.41, 5.74) is 2.63. The number of aromatic nitrogens is 3. The zero-order valence-corrected chi connectivity index (χ0v) is 10.7. The molecule has 0 unspecified atom stereocenters. The highest BCUT2D eigenvalue weighted by atomic mass is 16.7. The topological polar surface area (TPSA) is 69.3 Å². The Balaban J connectivity index is 1.89. The fourth-order valence-electron chi connectivity index (χ4n) is 2.26. The number of fused-ring (bicyclic) bond motifs is 2. The number of nitrogens with zero attached hydrogens (tertiary/aromatic N) is 2. The molecule has 3 aromatic rings. The Kier molecular flexibility index (Phi) is 2.29. The first-order valence-electron chi connectivity index (χ1n) is 6.13. The predicted molar refractivity (Wildman–Crippen MR) is 72.0 cm³/mol. The van der Waals surface area contributed by atoms with Gasteiger partial charge in [-0.25, -0.2) is 4.98 Å². The quantitative estimate of drug-likeness (QED) is 0.773. The van der Waals surface area contributed by atoms with Gasteiger partial charge in [-0.15, -0.1) is 0 Å². The van der Waals surface area contributed by atoms with Crippen LogP contribution >= 0.6 is 0 Å². The van der Waals surface area contributed by atoms with Gasteiger partial charge >= 0.3 is 0 Å². The SMILES string of the molecule is COc1cc(-c2nc3ccncc3[nH]2)cc2c1OCO2. The van der Waals surface area contributed by atoms with Gasteiger partial charge in [-0.2, -0.15) is 0 Å². The third kappa shape index (κ3) is 1.58. The van der Waals surface area contributed by atoms with Crippen molar-refractivity contribution in [1.29, 1.82) is 0 Å². The number of aromatic amines is 1. The Hall–Kier alpha value is -2.76. The van der Waals surface area contributed by atoms with Crippen molar-refractivity contribution in [3.8, 4) is 28.6 Å². The number of hydrogen-bond donors (Lipinski definition) is 1. The maximum absolute atomic E-state index is 5.42. The van der Waals surface area contributed by atoms with Crippen molar-refractivity contribution < 1.29 is 14.2 Å². The van der Waals surface area contributed by atoms with E-state index in [1.165, 1.54) is 0 Å². The number of nitrogens with one attached hydrogen (secondary N) is 1. The van der Waals surface area contributed by atoms with E-state index >= 15 is 0 Å². The van der Waals surface area contributed by atoms with Crippen LogP contribution in [0.4, 0.5) is 0 Å². The second-order valence-corrected chi connectivity index (χ2v) is 4.39. The minimum Gasteiger partial charge on any atom is -0.493 e. The van der Waals surface area contributed by atoms with Crippen LogP contribution in [-0.4, -0.2) is 28.9 Å². The fourth-order valence-corrected chi connectivity index (χ4v) is 2.26. The zero-order valence-electron chi connectivity index (χ0n) is 10.7. The molecule has 0 amide bonds. The summed E-state index contributed by atoms with van der Waals surface area (Å²) < 4.78 is 16.1. The molecule has 4 rings (SSSR count).